The number of carbonyl (C=O) groups excluding carboxylic acids is 2. The van der Waals surface area contributed by atoms with Gasteiger partial charge in [-0.2, -0.15) is 0 Å². The summed E-state index contributed by atoms with van der Waals surface area (Å²) in [5, 5.41) is 9.85. The van der Waals surface area contributed by atoms with Crippen molar-refractivity contribution in [2.45, 2.75) is 32.0 Å². The number of benzene rings is 1. The molecule has 1 aliphatic heterocycles. The molecule has 8 heteroatoms. The number of rotatable bonds is 5. The summed E-state index contributed by atoms with van der Waals surface area (Å²) in [4.78, 5) is 26.2. The summed E-state index contributed by atoms with van der Waals surface area (Å²) < 4.78 is 6.10. The summed E-state index contributed by atoms with van der Waals surface area (Å²) in [6.07, 6.45) is 0.755. The molecular formula is C15H21BBrNO4Si. The maximum Gasteiger partial charge on any atom is 0.376 e. The molecular weight excluding hydrogens is 377 g/mol. The van der Waals surface area contributed by atoms with Gasteiger partial charge in [0.15, 0.2) is 12.4 Å². The number of halogens is 1. The molecule has 1 aromatic carbocycles. The molecule has 23 heavy (non-hydrogen) atoms. The van der Waals surface area contributed by atoms with Crippen molar-refractivity contribution in [3.63, 3.8) is 0 Å². The first-order valence-electron chi connectivity index (χ1n) is 7.59. The first kappa shape index (κ1) is 18.4. The Balaban J connectivity index is 1.96. The van der Waals surface area contributed by atoms with Gasteiger partial charge in [-0.25, -0.2) is 0 Å². The second-order valence-electron chi connectivity index (χ2n) is 6.73. The van der Waals surface area contributed by atoms with Crippen LogP contribution in [0.3, 0.4) is 0 Å². The van der Waals surface area contributed by atoms with Gasteiger partial charge in [-0.05, 0) is 31.2 Å². The van der Waals surface area contributed by atoms with Crippen molar-refractivity contribution in [3.8, 4) is 0 Å². The molecule has 1 aromatic rings. The van der Waals surface area contributed by atoms with Crippen LogP contribution in [0.5, 0.6) is 0 Å². The molecule has 1 aliphatic rings. The van der Waals surface area contributed by atoms with E-state index in [1.54, 1.807) is 35.9 Å². The van der Waals surface area contributed by atoms with Gasteiger partial charge in [0.1, 0.15) is 0 Å². The van der Waals surface area contributed by atoms with Crippen molar-refractivity contribution in [2.24, 2.45) is 0 Å². The lowest BCUT2D eigenvalue weighted by Crippen LogP contribution is -2.46. The third kappa shape index (κ3) is 4.76. The van der Waals surface area contributed by atoms with Crippen molar-refractivity contribution < 1.29 is 19.3 Å². The third-order valence-corrected chi connectivity index (χ3v) is 7.26. The Morgan fingerprint density at radius 1 is 1.39 bits per heavy atom. The molecule has 1 heterocycles. The van der Waals surface area contributed by atoms with Gasteiger partial charge in [0, 0.05) is 10.0 Å². The van der Waals surface area contributed by atoms with Gasteiger partial charge in [-0.15, -0.1) is 0 Å². The fraction of sp³-hybridized carbons (Fsp3) is 0.467. The fourth-order valence-corrected chi connectivity index (χ4v) is 6.19. The minimum absolute atomic E-state index is 0.232. The first-order chi connectivity index (χ1) is 10.7. The van der Waals surface area contributed by atoms with E-state index < -0.39 is 27.1 Å². The van der Waals surface area contributed by atoms with Crippen LogP contribution < -0.4 is 0 Å². The second kappa shape index (κ2) is 7.29. The van der Waals surface area contributed by atoms with Crippen molar-refractivity contribution in [3.05, 3.63) is 34.3 Å². The zero-order valence-corrected chi connectivity index (χ0v) is 16.2. The van der Waals surface area contributed by atoms with Crippen LogP contribution in [0.25, 0.3) is 0 Å². The number of ketones is 1. The molecule has 0 saturated carbocycles. The van der Waals surface area contributed by atoms with E-state index in [4.69, 9.17) is 4.74 Å². The van der Waals surface area contributed by atoms with Crippen molar-refractivity contribution in [1.82, 2.24) is 4.81 Å². The van der Waals surface area contributed by atoms with E-state index in [0.717, 1.165) is 16.7 Å². The summed E-state index contributed by atoms with van der Waals surface area (Å²) in [5.74, 6) is -0.654. The van der Waals surface area contributed by atoms with Gasteiger partial charge in [-0.1, -0.05) is 41.2 Å². The van der Waals surface area contributed by atoms with Gasteiger partial charge in [-0.3, -0.25) is 9.59 Å². The average molecular weight is 398 g/mol. The van der Waals surface area contributed by atoms with Gasteiger partial charge in [0.25, 0.3) is 0 Å². The summed E-state index contributed by atoms with van der Waals surface area (Å²) in [6, 6.07) is 7.21. The molecule has 0 amide bonds. The van der Waals surface area contributed by atoms with Crippen LogP contribution >= 0.6 is 15.9 Å². The Labute approximate surface area is 146 Å². The van der Waals surface area contributed by atoms with Gasteiger partial charge < -0.3 is 14.6 Å². The Hall–Kier alpha value is -0.958. The maximum atomic E-state index is 12.3. The largest absolute Gasteiger partial charge is 0.456 e. The van der Waals surface area contributed by atoms with E-state index in [0.29, 0.717) is 5.56 Å². The Morgan fingerprint density at radius 2 is 2.00 bits per heavy atom. The Morgan fingerprint density at radius 3 is 2.57 bits per heavy atom. The molecule has 2 rings (SSSR count). The predicted molar refractivity (Wildman–Crippen MR) is 96.1 cm³/mol. The van der Waals surface area contributed by atoms with Gasteiger partial charge in [0.2, 0.25) is 0 Å². The highest BCUT2D eigenvalue weighted by Crippen LogP contribution is 2.28. The van der Waals surface area contributed by atoms with Crippen molar-refractivity contribution in [1.29, 1.82) is 0 Å². The fourth-order valence-electron chi connectivity index (χ4n) is 2.87. The summed E-state index contributed by atoms with van der Waals surface area (Å²) in [5.41, 5.74) is 0.509. The lowest BCUT2D eigenvalue weighted by atomic mass is 9.84. The molecule has 0 unspecified atom stereocenters. The number of Topliss-reactive ketones (excluding diaryl/α,β-unsaturated/α-hetero) is 1. The summed E-state index contributed by atoms with van der Waals surface area (Å²) in [7, 11) is -2.23. The van der Waals surface area contributed by atoms with Crippen molar-refractivity contribution in [2.75, 3.05) is 12.8 Å². The van der Waals surface area contributed by atoms with Crippen LogP contribution in [0.1, 0.15) is 10.4 Å². The maximum absolute atomic E-state index is 12.3. The predicted octanol–water partition coefficient (Wildman–Crippen LogP) is 2.22. The van der Waals surface area contributed by atoms with E-state index in [-0.39, 0.29) is 12.4 Å². The van der Waals surface area contributed by atoms with Crippen molar-refractivity contribution >= 4 is 42.8 Å². The molecule has 1 saturated heterocycles. The summed E-state index contributed by atoms with van der Waals surface area (Å²) >= 11 is 3.31. The van der Waals surface area contributed by atoms with E-state index in [1.807, 2.05) is 0 Å². The van der Waals surface area contributed by atoms with E-state index >= 15 is 0 Å². The number of carbonyl (C=O) groups is 2. The molecule has 0 aliphatic carbocycles. The van der Waals surface area contributed by atoms with E-state index in [2.05, 4.69) is 29.0 Å². The number of hydrogen-bond donors (Lipinski definition) is 1. The van der Waals surface area contributed by atoms with Crippen LogP contribution in [-0.4, -0.2) is 55.5 Å². The number of ether oxygens (including phenoxy) is 1. The molecule has 0 radical (unpaired) electrons. The highest BCUT2D eigenvalue weighted by Gasteiger charge is 2.45. The molecule has 0 bridgehead atoms. The SMILES string of the molecule is CB(O)N1C[Si](C)(C)C[C@H]1C(=O)OCC(=O)c1ccc(Br)cc1. The van der Waals surface area contributed by atoms with Crippen LogP contribution in [-0.2, 0) is 9.53 Å². The third-order valence-electron chi connectivity index (χ3n) is 4.02. The highest BCUT2D eigenvalue weighted by molar-refractivity contribution is 9.10. The molecule has 124 valence electrons. The Kier molecular flexibility index (Phi) is 5.83. The quantitative estimate of drug-likeness (QED) is 0.468. The number of hydrogen-bond acceptors (Lipinski definition) is 5. The molecule has 0 spiro atoms. The van der Waals surface area contributed by atoms with Crippen LogP contribution in [0, 0.1) is 0 Å². The molecule has 1 atom stereocenters. The average Bonchev–Trinajstić information content (AvgIpc) is 2.81. The molecule has 1 fully saturated rings. The minimum Gasteiger partial charge on any atom is -0.456 e. The topological polar surface area (TPSA) is 66.8 Å². The lowest BCUT2D eigenvalue weighted by Gasteiger charge is -2.23. The van der Waals surface area contributed by atoms with E-state index in [9.17, 15) is 14.6 Å². The monoisotopic (exact) mass is 397 g/mol. The van der Waals surface area contributed by atoms with Gasteiger partial charge in [0.05, 0.1) is 14.1 Å². The molecule has 5 nitrogen and oxygen atoms in total. The second-order valence-corrected chi connectivity index (χ2v) is 12.7. The normalized spacial score (nSPS) is 20.3. The first-order valence-corrected chi connectivity index (χ1v) is 11.8. The van der Waals surface area contributed by atoms with Gasteiger partial charge >= 0.3 is 13.0 Å². The van der Waals surface area contributed by atoms with E-state index in [1.165, 1.54) is 0 Å². The molecule has 1 N–H and O–H groups in total. The zero-order valence-electron chi connectivity index (χ0n) is 13.6. The molecule has 0 aromatic heterocycles. The van der Waals surface area contributed by atoms with Crippen LogP contribution in [0.2, 0.25) is 26.0 Å². The lowest BCUT2D eigenvalue weighted by molar-refractivity contribution is -0.146. The summed E-state index contributed by atoms with van der Waals surface area (Å²) in [6.45, 7) is 5.75. The standard InChI is InChI=1S/C15H21BBrNO4Si/c1-16(21)18-10-23(2,3)9-13(18)15(20)22-8-14(19)11-4-6-12(17)7-5-11/h4-7,13,21H,8-10H2,1-3H3/t13-/m0/s1. The highest BCUT2D eigenvalue weighted by atomic mass is 79.9. The number of nitrogens with zero attached hydrogens (tertiary/aromatic N) is 1. The number of esters is 1. The van der Waals surface area contributed by atoms with Crippen LogP contribution in [0.15, 0.2) is 28.7 Å². The smallest absolute Gasteiger partial charge is 0.376 e. The minimum atomic E-state index is -1.54. The van der Waals surface area contributed by atoms with Crippen LogP contribution in [0.4, 0.5) is 0 Å². The zero-order chi connectivity index (χ0) is 17.2. The Bertz CT molecular complexity index is 594.